The van der Waals surface area contributed by atoms with Gasteiger partial charge >= 0.3 is 0 Å². The fraction of sp³-hybridized carbons (Fsp3) is 0.250. The minimum absolute atomic E-state index is 0.412. The molecule has 0 saturated carbocycles. The van der Waals surface area contributed by atoms with E-state index in [1.54, 1.807) is 11.6 Å². The van der Waals surface area contributed by atoms with Crippen molar-refractivity contribution in [2.75, 3.05) is 12.4 Å². The molecule has 3 rings (SSSR count). The van der Waals surface area contributed by atoms with Crippen molar-refractivity contribution >= 4 is 36.3 Å². The van der Waals surface area contributed by atoms with Crippen molar-refractivity contribution in [3.8, 4) is 11.3 Å². The number of hydrogen-bond donors (Lipinski definition) is 1. The van der Waals surface area contributed by atoms with Crippen molar-refractivity contribution in [3.05, 3.63) is 30.1 Å². The Morgan fingerprint density at radius 3 is 2.65 bits per heavy atom. The summed E-state index contributed by atoms with van der Waals surface area (Å²) in [6, 6.07) is 5.85. The molecule has 6 nitrogen and oxygen atoms in total. The van der Waals surface area contributed by atoms with Gasteiger partial charge in [-0.1, -0.05) is 0 Å². The van der Waals surface area contributed by atoms with Crippen LogP contribution >= 0.6 is 0 Å². The zero-order valence-corrected chi connectivity index (χ0v) is 13.6. The van der Waals surface area contributed by atoms with E-state index >= 15 is 0 Å². The predicted octanol–water partition coefficient (Wildman–Crippen LogP) is 2.05. The van der Waals surface area contributed by atoms with Gasteiger partial charge in [0, 0.05) is 30.1 Å². The van der Waals surface area contributed by atoms with Crippen LogP contribution in [0.25, 0.3) is 16.8 Å². The number of anilines is 1. The number of pyridine rings is 1. The van der Waals surface area contributed by atoms with E-state index in [1.807, 2.05) is 45.2 Å². The van der Waals surface area contributed by atoms with Crippen molar-refractivity contribution in [1.29, 1.82) is 0 Å². The summed E-state index contributed by atoms with van der Waals surface area (Å²) in [4.78, 5) is 13.4. The highest BCUT2D eigenvalue weighted by atomic mass is 15.3. The van der Waals surface area contributed by atoms with Crippen LogP contribution in [0.2, 0.25) is 0 Å². The SMILES string of the molecule is [B]c1nc(NC)nn2ccc(-c3ccc(N=C(C)C)c(C)n3)c12. The molecule has 2 radical (unpaired) electrons. The predicted molar refractivity (Wildman–Crippen MR) is 94.3 cm³/mol. The Bertz CT molecular complexity index is 908. The quantitative estimate of drug-likeness (QED) is 0.594. The highest BCUT2D eigenvalue weighted by Gasteiger charge is 2.12. The number of aryl methyl sites for hydroxylation is 1. The lowest BCUT2D eigenvalue weighted by Crippen LogP contribution is -2.17. The lowest BCUT2D eigenvalue weighted by Gasteiger charge is -2.07. The second kappa shape index (κ2) is 5.83. The van der Waals surface area contributed by atoms with Gasteiger partial charge in [-0.2, -0.15) is 0 Å². The molecule has 0 unspecified atom stereocenters. The maximum atomic E-state index is 6.09. The van der Waals surface area contributed by atoms with Crippen LogP contribution in [0.5, 0.6) is 0 Å². The average molecular weight is 304 g/mol. The van der Waals surface area contributed by atoms with Gasteiger partial charge in [-0.15, -0.1) is 5.10 Å². The highest BCUT2D eigenvalue weighted by Crippen LogP contribution is 2.26. The summed E-state index contributed by atoms with van der Waals surface area (Å²) in [6.07, 6.45) is 1.85. The Kier molecular flexibility index (Phi) is 3.86. The van der Waals surface area contributed by atoms with E-state index in [1.165, 1.54) is 0 Å². The Hall–Kier alpha value is -2.70. The molecule has 0 aliphatic carbocycles. The second-order valence-corrected chi connectivity index (χ2v) is 5.45. The van der Waals surface area contributed by atoms with Gasteiger partial charge < -0.3 is 5.32 Å². The zero-order chi connectivity index (χ0) is 16.6. The number of fused-ring (bicyclic) bond motifs is 1. The Morgan fingerprint density at radius 1 is 1.22 bits per heavy atom. The van der Waals surface area contributed by atoms with Gasteiger partial charge in [0.15, 0.2) is 0 Å². The normalized spacial score (nSPS) is 10.8. The smallest absolute Gasteiger partial charge is 0.240 e. The molecule has 0 saturated heterocycles. The maximum absolute atomic E-state index is 6.09. The first-order valence-electron chi connectivity index (χ1n) is 7.32. The lowest BCUT2D eigenvalue weighted by molar-refractivity contribution is 0.918. The minimum atomic E-state index is 0.412. The molecule has 0 aromatic carbocycles. The van der Waals surface area contributed by atoms with Crippen molar-refractivity contribution in [3.63, 3.8) is 0 Å². The Balaban J connectivity index is 2.14. The number of hydrogen-bond acceptors (Lipinski definition) is 5. The van der Waals surface area contributed by atoms with Gasteiger partial charge in [0.25, 0.3) is 0 Å². The Labute approximate surface area is 136 Å². The summed E-state index contributed by atoms with van der Waals surface area (Å²) in [5.74, 6) is 0.476. The van der Waals surface area contributed by atoms with Gasteiger partial charge in [0.2, 0.25) is 5.95 Å². The number of aliphatic imine (C=N–C) groups is 1. The summed E-state index contributed by atoms with van der Waals surface area (Å²) >= 11 is 0. The molecule has 0 atom stereocenters. The van der Waals surface area contributed by atoms with E-state index in [0.717, 1.165) is 33.9 Å². The molecular weight excluding hydrogens is 287 g/mol. The third-order valence-electron chi connectivity index (χ3n) is 3.44. The highest BCUT2D eigenvalue weighted by molar-refractivity contribution is 6.36. The zero-order valence-electron chi connectivity index (χ0n) is 13.6. The topological polar surface area (TPSA) is 67.5 Å². The largest absolute Gasteiger partial charge is 0.356 e. The van der Waals surface area contributed by atoms with Crippen LogP contribution in [0, 0.1) is 6.92 Å². The summed E-state index contributed by atoms with van der Waals surface area (Å²) in [7, 11) is 7.84. The first-order chi connectivity index (χ1) is 11.0. The van der Waals surface area contributed by atoms with E-state index in [4.69, 9.17) is 7.85 Å². The van der Waals surface area contributed by atoms with Gasteiger partial charge in [-0.3, -0.25) is 9.98 Å². The molecule has 23 heavy (non-hydrogen) atoms. The lowest BCUT2D eigenvalue weighted by atomic mass is 10.00. The van der Waals surface area contributed by atoms with Gasteiger partial charge in [-0.05, 0) is 39.0 Å². The van der Waals surface area contributed by atoms with Gasteiger partial charge in [-0.25, -0.2) is 9.50 Å². The van der Waals surface area contributed by atoms with Gasteiger partial charge in [0.1, 0.15) is 7.85 Å². The minimum Gasteiger partial charge on any atom is -0.356 e. The summed E-state index contributed by atoms with van der Waals surface area (Å²) in [6.45, 7) is 5.88. The molecule has 7 heteroatoms. The standard InChI is InChI=1S/C16H17BN6/c1-9(2)19-12-5-6-13(20-10(12)3)11-7-8-23-14(11)15(17)21-16(18-4)22-23/h5-8H,1-4H3,(H,18,22). The van der Waals surface area contributed by atoms with E-state index < -0.39 is 0 Å². The van der Waals surface area contributed by atoms with Crippen LogP contribution in [-0.4, -0.2) is 40.2 Å². The first kappa shape index (κ1) is 15.2. The maximum Gasteiger partial charge on any atom is 0.240 e. The molecule has 0 amide bonds. The molecular formula is C16H17BN6. The third-order valence-corrected chi connectivity index (χ3v) is 3.44. The number of rotatable bonds is 3. The van der Waals surface area contributed by atoms with E-state index in [0.29, 0.717) is 11.5 Å². The first-order valence-corrected chi connectivity index (χ1v) is 7.32. The molecule has 0 fully saturated rings. The second-order valence-electron chi connectivity index (χ2n) is 5.45. The fourth-order valence-electron chi connectivity index (χ4n) is 2.43. The summed E-state index contributed by atoms with van der Waals surface area (Å²) in [5.41, 5.74) is 5.62. The fourth-order valence-corrected chi connectivity index (χ4v) is 2.43. The number of aromatic nitrogens is 4. The van der Waals surface area contributed by atoms with Crippen molar-refractivity contribution in [2.45, 2.75) is 20.8 Å². The molecule has 0 spiro atoms. The van der Waals surface area contributed by atoms with Crippen LogP contribution in [-0.2, 0) is 0 Å². The van der Waals surface area contributed by atoms with Crippen LogP contribution in [0.4, 0.5) is 11.6 Å². The van der Waals surface area contributed by atoms with Crippen molar-refractivity contribution in [1.82, 2.24) is 19.6 Å². The average Bonchev–Trinajstić information content (AvgIpc) is 2.93. The monoisotopic (exact) mass is 304 g/mol. The number of nitrogens with one attached hydrogen (secondary N) is 1. The van der Waals surface area contributed by atoms with Crippen LogP contribution in [0.15, 0.2) is 29.4 Å². The van der Waals surface area contributed by atoms with Crippen LogP contribution < -0.4 is 10.9 Å². The van der Waals surface area contributed by atoms with Crippen molar-refractivity contribution < 1.29 is 0 Å². The molecule has 0 aliphatic heterocycles. The molecule has 3 aromatic rings. The van der Waals surface area contributed by atoms with Crippen LogP contribution in [0.3, 0.4) is 0 Å². The molecule has 1 N–H and O–H groups in total. The molecule has 0 aliphatic rings. The van der Waals surface area contributed by atoms with E-state index in [9.17, 15) is 0 Å². The van der Waals surface area contributed by atoms with Crippen LogP contribution in [0.1, 0.15) is 19.5 Å². The summed E-state index contributed by atoms with van der Waals surface area (Å²) in [5, 5.41) is 7.24. The van der Waals surface area contributed by atoms with E-state index in [2.05, 4.69) is 25.4 Å². The number of nitrogens with zero attached hydrogens (tertiary/aromatic N) is 5. The van der Waals surface area contributed by atoms with E-state index in [-0.39, 0.29) is 0 Å². The van der Waals surface area contributed by atoms with Gasteiger partial charge in [0.05, 0.1) is 22.6 Å². The van der Waals surface area contributed by atoms with Crippen molar-refractivity contribution in [2.24, 2.45) is 4.99 Å². The molecule has 0 bridgehead atoms. The summed E-state index contributed by atoms with van der Waals surface area (Å²) < 4.78 is 1.71. The molecule has 3 heterocycles. The Morgan fingerprint density at radius 2 is 2.00 bits per heavy atom. The molecule has 114 valence electrons. The third kappa shape index (κ3) is 2.82. The molecule has 3 aromatic heterocycles.